The molecule has 9 heteroatoms. The van der Waals surface area contributed by atoms with Crippen LogP contribution >= 0.6 is 0 Å². The van der Waals surface area contributed by atoms with E-state index in [4.69, 9.17) is 8.83 Å². The Balaban J connectivity index is 1.39. The monoisotopic (exact) mass is 369 g/mol. The third kappa shape index (κ3) is 3.44. The second kappa shape index (κ2) is 7.25. The maximum atomic E-state index is 12.3. The van der Waals surface area contributed by atoms with Crippen LogP contribution in [0.4, 0.5) is 5.88 Å². The second-order valence-electron chi connectivity index (χ2n) is 6.57. The lowest BCUT2D eigenvalue weighted by Crippen LogP contribution is -2.50. The summed E-state index contributed by atoms with van der Waals surface area (Å²) in [6, 6.07) is 5.51. The summed E-state index contributed by atoms with van der Waals surface area (Å²) >= 11 is 0. The van der Waals surface area contributed by atoms with Crippen LogP contribution in [-0.2, 0) is 9.59 Å². The van der Waals surface area contributed by atoms with Gasteiger partial charge in [0.05, 0.1) is 12.8 Å². The second-order valence-corrected chi connectivity index (χ2v) is 6.57. The first-order valence-corrected chi connectivity index (χ1v) is 8.91. The van der Waals surface area contributed by atoms with Crippen molar-refractivity contribution in [2.75, 3.05) is 44.2 Å². The van der Waals surface area contributed by atoms with E-state index >= 15 is 0 Å². The van der Waals surface area contributed by atoms with Crippen molar-refractivity contribution in [3.05, 3.63) is 24.1 Å². The molecule has 140 valence electrons. The molecule has 0 spiro atoms. The average Bonchev–Trinajstić information content (AvgIpc) is 3.42. The summed E-state index contributed by atoms with van der Waals surface area (Å²) in [6.45, 7) is 3.23. The highest BCUT2D eigenvalue weighted by Crippen LogP contribution is 2.29. The van der Waals surface area contributed by atoms with E-state index in [1.54, 1.807) is 12.1 Å². The quantitative estimate of drug-likeness (QED) is 0.788. The molecule has 2 saturated heterocycles. The Morgan fingerprint density at radius 2 is 2.07 bits per heavy atom. The first-order valence-electron chi connectivity index (χ1n) is 8.91. The minimum Gasteiger partial charge on any atom is -0.459 e. The van der Waals surface area contributed by atoms with E-state index in [0.29, 0.717) is 50.8 Å². The molecule has 2 fully saturated rings. The minimum atomic E-state index is -0.136. The molecule has 0 unspecified atom stereocenters. The van der Waals surface area contributed by atoms with Crippen LogP contribution in [0.1, 0.15) is 18.5 Å². The number of imide groups is 1. The molecule has 0 N–H and O–H groups in total. The van der Waals surface area contributed by atoms with Crippen molar-refractivity contribution in [1.29, 1.82) is 5.26 Å². The normalized spacial score (nSPS) is 18.1. The molecule has 0 aliphatic carbocycles. The van der Waals surface area contributed by atoms with Crippen molar-refractivity contribution in [3.8, 4) is 17.7 Å². The minimum absolute atomic E-state index is 0.0792. The van der Waals surface area contributed by atoms with E-state index in [0.717, 1.165) is 6.42 Å². The summed E-state index contributed by atoms with van der Waals surface area (Å²) in [5, 5.41) is 9.35. The molecule has 0 radical (unpaired) electrons. The van der Waals surface area contributed by atoms with E-state index < -0.39 is 0 Å². The van der Waals surface area contributed by atoms with Crippen molar-refractivity contribution in [2.24, 2.45) is 0 Å². The maximum absolute atomic E-state index is 12.3. The number of anilines is 1. The van der Waals surface area contributed by atoms with Gasteiger partial charge in [-0.3, -0.25) is 19.4 Å². The number of hydrogen-bond donors (Lipinski definition) is 0. The zero-order chi connectivity index (χ0) is 18.8. The van der Waals surface area contributed by atoms with Crippen LogP contribution in [0.3, 0.4) is 0 Å². The molecule has 2 aliphatic rings. The highest BCUT2D eigenvalue weighted by Gasteiger charge is 2.30. The van der Waals surface area contributed by atoms with E-state index in [1.807, 2.05) is 9.80 Å². The van der Waals surface area contributed by atoms with Crippen LogP contribution in [0.25, 0.3) is 11.7 Å². The molecule has 0 aromatic carbocycles. The van der Waals surface area contributed by atoms with Gasteiger partial charge in [0.1, 0.15) is 6.07 Å². The molecule has 0 bridgehead atoms. The van der Waals surface area contributed by atoms with Crippen molar-refractivity contribution in [1.82, 2.24) is 14.8 Å². The SMILES string of the molecule is N#Cc1nc(-c2ccco2)oc1N1CCN(CC(=O)N2CCCC2=O)CC1. The van der Waals surface area contributed by atoms with Crippen LogP contribution in [0, 0.1) is 11.3 Å². The molecule has 4 rings (SSSR count). The largest absolute Gasteiger partial charge is 0.459 e. The van der Waals surface area contributed by atoms with Gasteiger partial charge in [0.2, 0.25) is 23.4 Å². The third-order valence-electron chi connectivity index (χ3n) is 4.84. The Kier molecular flexibility index (Phi) is 4.64. The Morgan fingerprint density at radius 3 is 2.70 bits per heavy atom. The number of piperazine rings is 1. The third-order valence-corrected chi connectivity index (χ3v) is 4.84. The van der Waals surface area contributed by atoms with E-state index in [-0.39, 0.29) is 29.9 Å². The Morgan fingerprint density at radius 1 is 1.26 bits per heavy atom. The van der Waals surface area contributed by atoms with Crippen molar-refractivity contribution in [2.45, 2.75) is 12.8 Å². The fourth-order valence-electron chi connectivity index (χ4n) is 3.40. The van der Waals surface area contributed by atoms with Gasteiger partial charge < -0.3 is 13.7 Å². The number of rotatable bonds is 4. The lowest BCUT2D eigenvalue weighted by molar-refractivity contribution is -0.142. The fourth-order valence-corrected chi connectivity index (χ4v) is 3.40. The summed E-state index contributed by atoms with van der Waals surface area (Å²) in [5.74, 6) is 0.950. The standard InChI is InChI=1S/C18H19N5O4/c19-11-13-18(27-17(20-13)14-3-2-10-26-14)22-8-6-21(7-9-22)12-16(25)23-5-1-4-15(23)24/h2-3,10H,1,4-9,12H2. The number of nitrogens with zero attached hydrogens (tertiary/aromatic N) is 5. The number of furan rings is 1. The molecule has 2 amide bonds. The lowest BCUT2D eigenvalue weighted by atomic mass is 10.3. The van der Waals surface area contributed by atoms with Gasteiger partial charge in [0.25, 0.3) is 5.89 Å². The number of likely N-dealkylation sites (tertiary alicyclic amines) is 1. The summed E-state index contributed by atoms with van der Waals surface area (Å²) in [6.07, 6.45) is 2.73. The zero-order valence-corrected chi connectivity index (χ0v) is 14.8. The topological polar surface area (TPSA) is 107 Å². The number of carbonyl (C=O) groups excluding carboxylic acids is 2. The Hall–Kier alpha value is -3.12. The predicted molar refractivity (Wildman–Crippen MR) is 93.5 cm³/mol. The average molecular weight is 369 g/mol. The van der Waals surface area contributed by atoms with Gasteiger partial charge >= 0.3 is 0 Å². The molecule has 2 aliphatic heterocycles. The highest BCUT2D eigenvalue weighted by atomic mass is 16.4. The van der Waals surface area contributed by atoms with Crippen LogP contribution in [0.5, 0.6) is 0 Å². The van der Waals surface area contributed by atoms with E-state index in [1.165, 1.54) is 11.2 Å². The van der Waals surface area contributed by atoms with Crippen LogP contribution in [0.2, 0.25) is 0 Å². The number of carbonyl (C=O) groups is 2. The van der Waals surface area contributed by atoms with Gasteiger partial charge in [-0.05, 0) is 18.6 Å². The van der Waals surface area contributed by atoms with Gasteiger partial charge in [-0.25, -0.2) is 0 Å². The molecule has 2 aromatic heterocycles. The molecular weight excluding hydrogens is 350 g/mol. The van der Waals surface area contributed by atoms with Gasteiger partial charge in [0, 0.05) is 39.1 Å². The smallest absolute Gasteiger partial charge is 0.266 e. The molecule has 9 nitrogen and oxygen atoms in total. The van der Waals surface area contributed by atoms with Crippen LogP contribution < -0.4 is 4.90 Å². The zero-order valence-electron chi connectivity index (χ0n) is 14.8. The molecular formula is C18H19N5O4. The van der Waals surface area contributed by atoms with Gasteiger partial charge in [-0.15, -0.1) is 0 Å². The number of hydrogen-bond acceptors (Lipinski definition) is 8. The van der Waals surface area contributed by atoms with Gasteiger partial charge in [-0.1, -0.05) is 0 Å². The molecule has 2 aromatic rings. The number of amides is 2. The number of oxazole rings is 1. The van der Waals surface area contributed by atoms with E-state index in [2.05, 4.69) is 11.1 Å². The number of nitriles is 1. The van der Waals surface area contributed by atoms with Crippen molar-refractivity contribution < 1.29 is 18.4 Å². The predicted octanol–water partition coefficient (Wildman–Crippen LogP) is 1.08. The molecule has 0 saturated carbocycles. The number of aromatic nitrogens is 1. The lowest BCUT2D eigenvalue weighted by Gasteiger charge is -2.34. The summed E-state index contributed by atoms with van der Waals surface area (Å²) in [5.41, 5.74) is 0.216. The molecule has 27 heavy (non-hydrogen) atoms. The first-order chi connectivity index (χ1) is 13.2. The Labute approximate surface area is 155 Å². The van der Waals surface area contributed by atoms with Gasteiger partial charge in [-0.2, -0.15) is 10.2 Å². The van der Waals surface area contributed by atoms with Crippen molar-refractivity contribution >= 4 is 17.7 Å². The fraction of sp³-hybridized carbons (Fsp3) is 0.444. The summed E-state index contributed by atoms with van der Waals surface area (Å²) < 4.78 is 11.0. The maximum Gasteiger partial charge on any atom is 0.266 e. The summed E-state index contributed by atoms with van der Waals surface area (Å²) in [7, 11) is 0. The molecule has 4 heterocycles. The van der Waals surface area contributed by atoms with Crippen LogP contribution in [-0.4, -0.2) is 65.9 Å². The summed E-state index contributed by atoms with van der Waals surface area (Å²) in [4.78, 5) is 33.5. The first kappa shape index (κ1) is 17.3. The van der Waals surface area contributed by atoms with Crippen LogP contribution in [0.15, 0.2) is 27.2 Å². The highest BCUT2D eigenvalue weighted by molar-refractivity contribution is 5.97. The Bertz CT molecular complexity index is 874. The molecule has 0 atom stereocenters. The van der Waals surface area contributed by atoms with E-state index in [9.17, 15) is 14.9 Å². The van der Waals surface area contributed by atoms with Crippen molar-refractivity contribution in [3.63, 3.8) is 0 Å². The van der Waals surface area contributed by atoms with Gasteiger partial charge in [0.15, 0.2) is 5.76 Å².